The van der Waals surface area contributed by atoms with Crippen LogP contribution < -0.4 is 0 Å². The van der Waals surface area contributed by atoms with E-state index >= 15 is 0 Å². The molecule has 0 aliphatic heterocycles. The van der Waals surface area contributed by atoms with Crippen LogP contribution in [-0.2, 0) is 0 Å². The zero-order valence-corrected chi connectivity index (χ0v) is 12.2. The number of alkyl halides is 2. The first-order chi connectivity index (χ1) is 11.1. The molecule has 0 aliphatic rings. The number of aromatic nitrogens is 4. The lowest BCUT2D eigenvalue weighted by Gasteiger charge is -2.06. The van der Waals surface area contributed by atoms with Crippen molar-refractivity contribution in [1.29, 1.82) is 0 Å². The second-order valence-electron chi connectivity index (χ2n) is 5.36. The number of rotatable bonds is 2. The molecule has 4 aromatic rings. The zero-order chi connectivity index (χ0) is 16.0. The summed E-state index contributed by atoms with van der Waals surface area (Å²) >= 11 is 0. The van der Waals surface area contributed by atoms with E-state index in [4.69, 9.17) is 0 Å². The van der Waals surface area contributed by atoms with Gasteiger partial charge in [0.1, 0.15) is 5.65 Å². The number of fused-ring (bicyclic) bond motifs is 3. The molecule has 0 fully saturated rings. The Morgan fingerprint density at radius 2 is 1.87 bits per heavy atom. The van der Waals surface area contributed by atoms with Crippen LogP contribution in [0.15, 0.2) is 49.1 Å². The Morgan fingerprint density at radius 3 is 2.65 bits per heavy atom. The Hall–Kier alpha value is -2.89. The number of halogens is 2. The van der Waals surface area contributed by atoms with Gasteiger partial charge in [0.05, 0.1) is 11.2 Å². The van der Waals surface area contributed by atoms with Gasteiger partial charge in [-0.1, -0.05) is 0 Å². The SMILES string of the molecule is Cc1cncc(-c2ccc3c4cnccc4n(C(F)F)c3n2)c1. The van der Waals surface area contributed by atoms with Crippen molar-refractivity contribution < 1.29 is 8.78 Å². The van der Waals surface area contributed by atoms with Crippen LogP contribution in [-0.4, -0.2) is 19.5 Å². The van der Waals surface area contributed by atoms with Crippen molar-refractivity contribution in [3.05, 3.63) is 54.6 Å². The van der Waals surface area contributed by atoms with E-state index in [-0.39, 0.29) is 5.65 Å². The second kappa shape index (κ2) is 5.08. The number of nitrogens with zero attached hydrogens (tertiary/aromatic N) is 4. The maximum Gasteiger partial charge on any atom is 0.320 e. The minimum Gasteiger partial charge on any atom is -0.268 e. The molecule has 23 heavy (non-hydrogen) atoms. The van der Waals surface area contributed by atoms with Crippen LogP contribution in [0.5, 0.6) is 0 Å². The summed E-state index contributed by atoms with van der Waals surface area (Å²) in [4.78, 5) is 12.6. The molecule has 0 bridgehead atoms. The molecule has 0 N–H and O–H groups in total. The minimum absolute atomic E-state index is 0.252. The third kappa shape index (κ3) is 2.14. The van der Waals surface area contributed by atoms with Gasteiger partial charge in [0.2, 0.25) is 0 Å². The molecule has 4 nitrogen and oxygen atoms in total. The van der Waals surface area contributed by atoms with Crippen LogP contribution >= 0.6 is 0 Å². The lowest BCUT2D eigenvalue weighted by molar-refractivity contribution is 0.0791. The fraction of sp³-hybridized carbons (Fsp3) is 0.118. The molecule has 0 aliphatic carbocycles. The Kier molecular flexibility index (Phi) is 3.04. The highest BCUT2D eigenvalue weighted by Gasteiger charge is 2.18. The number of hydrogen-bond donors (Lipinski definition) is 0. The summed E-state index contributed by atoms with van der Waals surface area (Å²) < 4.78 is 28.0. The maximum atomic E-state index is 13.5. The molecule has 4 heterocycles. The maximum absolute atomic E-state index is 13.5. The van der Waals surface area contributed by atoms with Gasteiger partial charge in [-0.2, -0.15) is 8.78 Å². The molecule has 0 saturated carbocycles. The van der Waals surface area contributed by atoms with E-state index in [1.807, 2.05) is 25.1 Å². The predicted octanol–water partition coefficient (Wildman–Crippen LogP) is 4.35. The third-order valence-corrected chi connectivity index (χ3v) is 3.82. The summed E-state index contributed by atoms with van der Waals surface area (Å²) in [5, 5.41) is 1.34. The second-order valence-corrected chi connectivity index (χ2v) is 5.36. The van der Waals surface area contributed by atoms with Gasteiger partial charge in [-0.05, 0) is 36.8 Å². The van der Waals surface area contributed by atoms with Gasteiger partial charge in [-0.15, -0.1) is 0 Å². The molecule has 0 radical (unpaired) electrons. The van der Waals surface area contributed by atoms with Gasteiger partial charge < -0.3 is 0 Å². The summed E-state index contributed by atoms with van der Waals surface area (Å²) in [6.07, 6.45) is 6.51. The first-order valence-electron chi connectivity index (χ1n) is 7.10. The molecule has 114 valence electrons. The van der Waals surface area contributed by atoms with E-state index in [0.29, 0.717) is 22.0 Å². The normalized spacial score (nSPS) is 11.7. The molecule has 0 atom stereocenters. The van der Waals surface area contributed by atoms with Gasteiger partial charge in [0.15, 0.2) is 0 Å². The molecule has 6 heteroatoms. The number of hydrogen-bond acceptors (Lipinski definition) is 3. The minimum atomic E-state index is -2.67. The average Bonchev–Trinajstić information content (AvgIpc) is 2.88. The molecular formula is C17H12F2N4. The van der Waals surface area contributed by atoms with Crippen molar-refractivity contribution in [2.24, 2.45) is 0 Å². The summed E-state index contributed by atoms with van der Waals surface area (Å²) in [6, 6.07) is 7.14. The Morgan fingerprint density at radius 1 is 1.00 bits per heavy atom. The van der Waals surface area contributed by atoms with E-state index in [1.165, 1.54) is 6.20 Å². The van der Waals surface area contributed by atoms with Gasteiger partial charge in [0.25, 0.3) is 0 Å². The van der Waals surface area contributed by atoms with E-state index in [1.54, 1.807) is 24.7 Å². The highest BCUT2D eigenvalue weighted by molar-refractivity contribution is 6.06. The van der Waals surface area contributed by atoms with E-state index in [0.717, 1.165) is 15.7 Å². The van der Waals surface area contributed by atoms with Crippen molar-refractivity contribution in [2.75, 3.05) is 0 Å². The van der Waals surface area contributed by atoms with Crippen LogP contribution in [0.1, 0.15) is 12.1 Å². The van der Waals surface area contributed by atoms with Gasteiger partial charge in [-0.3, -0.25) is 14.5 Å². The Bertz CT molecular complexity index is 1020. The number of pyridine rings is 3. The smallest absolute Gasteiger partial charge is 0.268 e. The average molecular weight is 310 g/mol. The predicted molar refractivity (Wildman–Crippen MR) is 84.3 cm³/mol. The molecule has 0 saturated heterocycles. The summed E-state index contributed by atoms with van der Waals surface area (Å²) in [5.41, 5.74) is 3.09. The summed E-state index contributed by atoms with van der Waals surface area (Å²) in [7, 11) is 0. The highest BCUT2D eigenvalue weighted by Crippen LogP contribution is 2.32. The van der Waals surface area contributed by atoms with Crippen LogP contribution in [0.3, 0.4) is 0 Å². The van der Waals surface area contributed by atoms with Crippen LogP contribution in [0.25, 0.3) is 33.2 Å². The number of aryl methyl sites for hydroxylation is 1. The van der Waals surface area contributed by atoms with Crippen molar-refractivity contribution in [1.82, 2.24) is 19.5 Å². The monoisotopic (exact) mass is 310 g/mol. The lowest BCUT2D eigenvalue weighted by atomic mass is 10.1. The van der Waals surface area contributed by atoms with Crippen LogP contribution in [0.4, 0.5) is 8.78 Å². The first-order valence-corrected chi connectivity index (χ1v) is 7.10. The van der Waals surface area contributed by atoms with Gasteiger partial charge >= 0.3 is 6.55 Å². The Balaban J connectivity index is 2.05. The summed E-state index contributed by atoms with van der Waals surface area (Å²) in [5.74, 6) is 0. The van der Waals surface area contributed by atoms with E-state index < -0.39 is 6.55 Å². The topological polar surface area (TPSA) is 43.6 Å². The molecule has 0 spiro atoms. The zero-order valence-electron chi connectivity index (χ0n) is 12.2. The van der Waals surface area contributed by atoms with Crippen LogP contribution in [0.2, 0.25) is 0 Å². The molecule has 4 aromatic heterocycles. The van der Waals surface area contributed by atoms with E-state index in [2.05, 4.69) is 15.0 Å². The molecule has 0 amide bonds. The van der Waals surface area contributed by atoms with Crippen molar-refractivity contribution >= 4 is 21.9 Å². The molecule has 0 aromatic carbocycles. The fourth-order valence-electron chi connectivity index (χ4n) is 2.81. The quantitative estimate of drug-likeness (QED) is 0.553. The third-order valence-electron chi connectivity index (χ3n) is 3.82. The molecule has 4 rings (SSSR count). The van der Waals surface area contributed by atoms with E-state index in [9.17, 15) is 8.78 Å². The van der Waals surface area contributed by atoms with Crippen molar-refractivity contribution in [2.45, 2.75) is 13.5 Å². The largest absolute Gasteiger partial charge is 0.320 e. The van der Waals surface area contributed by atoms with Crippen LogP contribution in [0, 0.1) is 6.92 Å². The lowest BCUT2D eigenvalue weighted by Crippen LogP contribution is -1.99. The fourth-order valence-corrected chi connectivity index (χ4v) is 2.81. The van der Waals surface area contributed by atoms with Gasteiger partial charge in [0, 0.05) is 41.1 Å². The Labute approximate surface area is 130 Å². The van der Waals surface area contributed by atoms with Gasteiger partial charge in [-0.25, -0.2) is 4.98 Å². The molecular weight excluding hydrogens is 298 g/mol. The highest BCUT2D eigenvalue weighted by atomic mass is 19.3. The first kappa shape index (κ1) is 13.8. The van der Waals surface area contributed by atoms with Crippen molar-refractivity contribution in [3.8, 4) is 11.3 Å². The summed E-state index contributed by atoms with van der Waals surface area (Å²) in [6.45, 7) is -0.743. The van der Waals surface area contributed by atoms with Crippen molar-refractivity contribution in [3.63, 3.8) is 0 Å². The molecule has 0 unspecified atom stereocenters. The standard InChI is InChI=1S/C17H12F2N4/c1-10-6-11(8-21-7-10)14-3-2-12-13-9-20-5-4-15(13)23(17(18)19)16(12)22-14/h2-9,17H,1H3.